The molecule has 1 aliphatic rings. The maximum atomic E-state index is 6.33. The number of para-hydroxylation sites is 1. The van der Waals surface area contributed by atoms with Crippen LogP contribution >= 0.6 is 0 Å². The number of hydrogen-bond acceptors (Lipinski definition) is 2. The van der Waals surface area contributed by atoms with E-state index in [2.05, 4.69) is 45.8 Å². The van der Waals surface area contributed by atoms with Gasteiger partial charge in [0.15, 0.2) is 0 Å². The first-order valence-corrected chi connectivity index (χ1v) is 7.10. The fourth-order valence-corrected chi connectivity index (χ4v) is 3.01. The fraction of sp³-hybridized carbons (Fsp3) is 0.471. The van der Waals surface area contributed by atoms with Gasteiger partial charge >= 0.3 is 0 Å². The average molecular weight is 273 g/mol. The molecule has 1 atom stereocenters. The van der Waals surface area contributed by atoms with E-state index >= 15 is 0 Å². The van der Waals surface area contributed by atoms with Crippen LogP contribution in [0.1, 0.15) is 34.6 Å². The normalized spacial score (nSPS) is 22.9. The quantitative estimate of drug-likeness (QED) is 0.764. The third kappa shape index (κ3) is 2.50. The maximum absolute atomic E-state index is 6.33. The summed E-state index contributed by atoms with van der Waals surface area (Å²) in [6, 6.07) is 10.0. The zero-order valence-electron chi connectivity index (χ0n) is 13.1. The van der Waals surface area contributed by atoms with Gasteiger partial charge in [-0.25, -0.2) is 0 Å². The van der Waals surface area contributed by atoms with Gasteiger partial charge in [-0.05, 0) is 32.9 Å². The van der Waals surface area contributed by atoms with Crippen LogP contribution in [0.15, 0.2) is 47.7 Å². The van der Waals surface area contributed by atoms with Crippen molar-refractivity contribution in [3.05, 3.63) is 42.7 Å². The summed E-state index contributed by atoms with van der Waals surface area (Å²) in [6.07, 6.45) is 6.01. The second-order valence-electron chi connectivity index (χ2n) is 6.71. The number of benzene rings is 1. The van der Waals surface area contributed by atoms with Gasteiger partial charge in [0.05, 0.1) is 18.0 Å². The van der Waals surface area contributed by atoms with Crippen molar-refractivity contribution in [1.29, 1.82) is 0 Å². The number of rotatable bonds is 3. The van der Waals surface area contributed by atoms with E-state index in [-0.39, 0.29) is 11.3 Å². The van der Waals surface area contributed by atoms with Gasteiger partial charge in [-0.1, -0.05) is 18.2 Å². The molecule has 0 fully saturated rings. The van der Waals surface area contributed by atoms with Crippen LogP contribution in [0.2, 0.25) is 0 Å². The minimum atomic E-state index is -0.386. The molecule has 1 aliphatic heterocycles. The predicted octanol–water partition coefficient (Wildman–Crippen LogP) is 3.97. The van der Waals surface area contributed by atoms with Crippen LogP contribution < -0.4 is 4.74 Å². The highest BCUT2D eigenvalue weighted by Crippen LogP contribution is 2.38. The lowest BCUT2D eigenvalue weighted by Gasteiger charge is -2.54. The standard InChI is InChI=1S/C17H25N2O/c1-16(2,3)19(13-11-18-12-14-19)17(4,5)20-15-9-7-6-8-10-15/h6-13H,14H2,1-5H3/q+1. The van der Waals surface area contributed by atoms with Crippen LogP contribution in [0.5, 0.6) is 5.75 Å². The van der Waals surface area contributed by atoms with Crippen molar-refractivity contribution in [2.45, 2.75) is 45.9 Å². The number of ether oxygens (including phenoxy) is 1. The lowest BCUT2D eigenvalue weighted by Crippen LogP contribution is -2.70. The second-order valence-corrected chi connectivity index (χ2v) is 6.71. The van der Waals surface area contributed by atoms with Crippen LogP contribution in [0.25, 0.3) is 0 Å². The zero-order chi connectivity index (χ0) is 14.9. The molecule has 0 bridgehead atoms. The average Bonchev–Trinajstić information content (AvgIpc) is 2.39. The van der Waals surface area contributed by atoms with Crippen molar-refractivity contribution in [3.8, 4) is 5.75 Å². The van der Waals surface area contributed by atoms with Crippen molar-refractivity contribution in [3.63, 3.8) is 0 Å². The molecule has 0 radical (unpaired) electrons. The van der Waals surface area contributed by atoms with E-state index in [4.69, 9.17) is 4.74 Å². The van der Waals surface area contributed by atoms with Gasteiger partial charge in [0.2, 0.25) is 5.72 Å². The first kappa shape index (κ1) is 14.8. The van der Waals surface area contributed by atoms with Gasteiger partial charge in [0.1, 0.15) is 18.5 Å². The van der Waals surface area contributed by atoms with E-state index in [1.54, 1.807) is 0 Å². The van der Waals surface area contributed by atoms with Gasteiger partial charge in [-0.3, -0.25) is 9.48 Å². The first-order chi connectivity index (χ1) is 9.29. The third-order valence-corrected chi connectivity index (χ3v) is 4.15. The Morgan fingerprint density at radius 2 is 1.70 bits per heavy atom. The molecule has 1 aromatic carbocycles. The molecule has 0 N–H and O–H groups in total. The van der Waals surface area contributed by atoms with Crippen LogP contribution in [-0.2, 0) is 0 Å². The van der Waals surface area contributed by atoms with Crippen LogP contribution in [0, 0.1) is 0 Å². The second kappa shape index (κ2) is 5.06. The number of nitrogens with zero attached hydrogens (tertiary/aromatic N) is 2. The molecule has 1 heterocycles. The molecule has 3 nitrogen and oxygen atoms in total. The van der Waals surface area contributed by atoms with Crippen molar-refractivity contribution >= 4 is 6.21 Å². The molecule has 108 valence electrons. The Morgan fingerprint density at radius 3 is 2.20 bits per heavy atom. The minimum absolute atomic E-state index is 0.0151. The van der Waals surface area contributed by atoms with E-state index in [9.17, 15) is 0 Å². The third-order valence-electron chi connectivity index (χ3n) is 4.15. The molecule has 0 saturated heterocycles. The molecular weight excluding hydrogens is 248 g/mol. The van der Waals surface area contributed by atoms with Gasteiger partial charge in [-0.2, -0.15) is 0 Å². The monoisotopic (exact) mass is 273 g/mol. The fourth-order valence-electron chi connectivity index (χ4n) is 3.01. The Kier molecular flexibility index (Phi) is 3.74. The van der Waals surface area contributed by atoms with Crippen molar-refractivity contribution in [2.24, 2.45) is 4.99 Å². The van der Waals surface area contributed by atoms with Crippen molar-refractivity contribution in [1.82, 2.24) is 0 Å². The first-order valence-electron chi connectivity index (χ1n) is 7.10. The van der Waals surface area contributed by atoms with Gasteiger partial charge < -0.3 is 4.74 Å². The van der Waals surface area contributed by atoms with E-state index in [1.165, 1.54) is 0 Å². The summed E-state index contributed by atoms with van der Waals surface area (Å²) in [5.74, 6) is 0.898. The summed E-state index contributed by atoms with van der Waals surface area (Å²) in [7, 11) is 0. The molecule has 3 heteroatoms. The minimum Gasteiger partial charge on any atom is -0.441 e. The van der Waals surface area contributed by atoms with Gasteiger partial charge in [0, 0.05) is 13.8 Å². The van der Waals surface area contributed by atoms with Crippen molar-refractivity contribution in [2.75, 3.05) is 6.54 Å². The smallest absolute Gasteiger partial charge is 0.242 e. The van der Waals surface area contributed by atoms with Crippen LogP contribution in [0.3, 0.4) is 0 Å². The summed E-state index contributed by atoms with van der Waals surface area (Å²) in [6.45, 7) is 11.9. The summed E-state index contributed by atoms with van der Waals surface area (Å²) in [5.41, 5.74) is -0.371. The Labute approximate surface area is 122 Å². The molecule has 2 rings (SSSR count). The molecule has 0 aliphatic carbocycles. The molecule has 1 aromatic rings. The predicted molar refractivity (Wildman–Crippen MR) is 83.7 cm³/mol. The number of quaternary nitrogens is 1. The van der Waals surface area contributed by atoms with E-state index in [0.717, 1.165) is 12.3 Å². The molecule has 20 heavy (non-hydrogen) atoms. The number of hydrogen-bond donors (Lipinski definition) is 0. The highest BCUT2D eigenvalue weighted by atomic mass is 16.5. The summed E-state index contributed by atoms with van der Waals surface area (Å²) in [5, 5.41) is 0. The van der Waals surface area contributed by atoms with E-state index < -0.39 is 0 Å². The lowest BCUT2D eigenvalue weighted by atomic mass is 9.96. The van der Waals surface area contributed by atoms with Gasteiger partial charge in [-0.15, -0.1) is 0 Å². The highest BCUT2D eigenvalue weighted by molar-refractivity contribution is 5.60. The molecule has 0 spiro atoms. The SMILES string of the molecule is CC(C)(C)[N+]1(C(C)(C)Oc2ccccc2)C=CN=CC1. The van der Waals surface area contributed by atoms with Crippen LogP contribution in [-0.4, -0.2) is 28.5 Å². The number of aliphatic imine (C=N–C) groups is 1. The highest BCUT2D eigenvalue weighted by Gasteiger charge is 2.52. The van der Waals surface area contributed by atoms with Crippen LogP contribution in [0.4, 0.5) is 0 Å². The maximum Gasteiger partial charge on any atom is 0.242 e. The topological polar surface area (TPSA) is 21.6 Å². The summed E-state index contributed by atoms with van der Waals surface area (Å²) < 4.78 is 7.04. The summed E-state index contributed by atoms with van der Waals surface area (Å²) >= 11 is 0. The Bertz CT molecular complexity index is 512. The molecule has 1 unspecified atom stereocenters. The van der Waals surface area contributed by atoms with Crippen molar-refractivity contribution < 1.29 is 9.22 Å². The van der Waals surface area contributed by atoms with Gasteiger partial charge in [0.25, 0.3) is 0 Å². The zero-order valence-corrected chi connectivity index (χ0v) is 13.1. The van der Waals surface area contributed by atoms with E-state index in [0.29, 0.717) is 4.48 Å². The molecule has 0 aromatic heterocycles. The Hall–Kier alpha value is -1.61. The molecule has 0 saturated carbocycles. The Morgan fingerprint density at radius 1 is 1.05 bits per heavy atom. The molecular formula is C17H25N2O+. The van der Waals surface area contributed by atoms with E-state index in [1.807, 2.05) is 42.7 Å². The Balaban J connectivity index is 2.38. The largest absolute Gasteiger partial charge is 0.441 e. The molecule has 0 amide bonds. The summed E-state index contributed by atoms with van der Waals surface area (Å²) in [4.78, 5) is 4.23. The lowest BCUT2D eigenvalue weighted by molar-refractivity contribution is -0.980.